The van der Waals surface area contributed by atoms with Crippen molar-refractivity contribution in [3.8, 4) is 11.5 Å². The van der Waals surface area contributed by atoms with E-state index < -0.39 is 5.91 Å². The van der Waals surface area contributed by atoms with Crippen molar-refractivity contribution in [2.45, 2.75) is 0 Å². The molecule has 0 fully saturated rings. The Balaban J connectivity index is 2.07. The van der Waals surface area contributed by atoms with Crippen LogP contribution >= 0.6 is 23.2 Å². The summed E-state index contributed by atoms with van der Waals surface area (Å²) in [7, 11) is 1.58. The molecule has 1 amide bonds. The van der Waals surface area contributed by atoms with Crippen molar-refractivity contribution in [1.29, 1.82) is 0 Å². The zero-order valence-corrected chi connectivity index (χ0v) is 13.0. The van der Waals surface area contributed by atoms with Crippen molar-refractivity contribution in [2.75, 3.05) is 7.11 Å². The van der Waals surface area contributed by atoms with E-state index in [1.165, 1.54) is 18.3 Å². The second-order valence-corrected chi connectivity index (χ2v) is 5.10. The Morgan fingerprint density at radius 2 is 1.95 bits per heavy atom. The lowest BCUT2D eigenvalue weighted by Crippen LogP contribution is -2.17. The van der Waals surface area contributed by atoms with Crippen molar-refractivity contribution >= 4 is 35.3 Å². The highest BCUT2D eigenvalue weighted by Gasteiger charge is 2.14. The van der Waals surface area contributed by atoms with E-state index in [-0.39, 0.29) is 21.4 Å². The van der Waals surface area contributed by atoms with Crippen LogP contribution in [0.25, 0.3) is 0 Å². The van der Waals surface area contributed by atoms with E-state index in [0.29, 0.717) is 0 Å². The predicted octanol–water partition coefficient (Wildman–Crippen LogP) is 3.47. The first-order valence-corrected chi connectivity index (χ1v) is 6.92. The van der Waals surface area contributed by atoms with Crippen LogP contribution in [0.1, 0.15) is 15.9 Å². The molecule has 2 aromatic rings. The Morgan fingerprint density at radius 1 is 1.27 bits per heavy atom. The molecule has 0 aromatic heterocycles. The number of phenols is 1. The number of amides is 1. The summed E-state index contributed by atoms with van der Waals surface area (Å²) in [6.45, 7) is 0. The molecule has 0 saturated heterocycles. The number of hydrogen-bond donors (Lipinski definition) is 2. The van der Waals surface area contributed by atoms with Crippen molar-refractivity contribution in [3.63, 3.8) is 0 Å². The number of rotatable bonds is 4. The van der Waals surface area contributed by atoms with E-state index in [9.17, 15) is 9.90 Å². The third-order valence-electron chi connectivity index (χ3n) is 2.77. The van der Waals surface area contributed by atoms with Crippen molar-refractivity contribution in [3.05, 3.63) is 57.6 Å². The molecule has 0 aliphatic heterocycles. The van der Waals surface area contributed by atoms with Crippen LogP contribution in [0.3, 0.4) is 0 Å². The van der Waals surface area contributed by atoms with Gasteiger partial charge >= 0.3 is 0 Å². The van der Waals surface area contributed by atoms with E-state index in [2.05, 4.69) is 10.5 Å². The molecule has 0 heterocycles. The summed E-state index contributed by atoms with van der Waals surface area (Å²) in [5, 5.41) is 13.8. The van der Waals surface area contributed by atoms with Gasteiger partial charge in [-0.15, -0.1) is 0 Å². The zero-order chi connectivity index (χ0) is 16.1. The van der Waals surface area contributed by atoms with E-state index in [4.69, 9.17) is 27.9 Å². The first kappa shape index (κ1) is 16.1. The minimum atomic E-state index is -0.619. The number of carbonyl (C=O) groups excluding carboxylic acids is 1. The maximum Gasteiger partial charge on any atom is 0.275 e. The molecule has 5 nitrogen and oxygen atoms in total. The second kappa shape index (κ2) is 7.15. The van der Waals surface area contributed by atoms with Gasteiger partial charge in [0.15, 0.2) is 0 Å². The summed E-state index contributed by atoms with van der Waals surface area (Å²) < 4.78 is 5.04. The summed E-state index contributed by atoms with van der Waals surface area (Å²) in [5.74, 6) is -0.241. The molecule has 0 bridgehead atoms. The summed E-state index contributed by atoms with van der Waals surface area (Å²) >= 11 is 11.6. The van der Waals surface area contributed by atoms with E-state index >= 15 is 0 Å². The van der Waals surface area contributed by atoms with E-state index in [0.717, 1.165) is 11.3 Å². The average molecular weight is 339 g/mol. The molecule has 2 aromatic carbocycles. The Kier molecular flexibility index (Phi) is 5.25. The van der Waals surface area contributed by atoms with Crippen molar-refractivity contribution in [2.24, 2.45) is 5.10 Å². The highest BCUT2D eigenvalue weighted by Crippen LogP contribution is 2.30. The Labute approximate surface area is 137 Å². The first-order valence-electron chi connectivity index (χ1n) is 6.16. The van der Waals surface area contributed by atoms with Gasteiger partial charge in [-0.3, -0.25) is 4.79 Å². The summed E-state index contributed by atoms with van der Waals surface area (Å²) in [4.78, 5) is 11.9. The van der Waals surface area contributed by atoms with Gasteiger partial charge in [0.1, 0.15) is 11.5 Å². The van der Waals surface area contributed by atoms with Gasteiger partial charge in [0.05, 0.1) is 23.9 Å². The number of benzene rings is 2. The largest absolute Gasteiger partial charge is 0.506 e. The Bertz CT molecular complexity index is 715. The lowest BCUT2D eigenvalue weighted by atomic mass is 10.2. The molecular weight excluding hydrogens is 327 g/mol. The van der Waals surface area contributed by atoms with Crippen LogP contribution in [-0.4, -0.2) is 24.3 Å². The third kappa shape index (κ3) is 3.90. The molecular formula is C15H12Cl2N2O3. The molecule has 0 aliphatic rings. The number of halogens is 2. The highest BCUT2D eigenvalue weighted by molar-refractivity contribution is 6.36. The van der Waals surface area contributed by atoms with Gasteiger partial charge in [0.2, 0.25) is 0 Å². The summed E-state index contributed by atoms with van der Waals surface area (Å²) in [5.41, 5.74) is 3.01. The molecule has 0 unspecified atom stereocenters. The van der Waals surface area contributed by atoms with Crippen molar-refractivity contribution < 1.29 is 14.6 Å². The van der Waals surface area contributed by atoms with Crippen LogP contribution < -0.4 is 10.2 Å². The standard InChI is InChI=1S/C15H12Cl2N2O3/c1-22-11-4-2-9(3-5-11)8-18-19-15(21)12-6-10(16)7-13(17)14(12)20/h2-8,20H,1H3,(H,19,21)/b18-8+. The maximum atomic E-state index is 11.9. The van der Waals surface area contributed by atoms with E-state index in [1.54, 1.807) is 31.4 Å². The Morgan fingerprint density at radius 3 is 2.59 bits per heavy atom. The number of methoxy groups -OCH3 is 1. The van der Waals surface area contributed by atoms with Crippen LogP contribution in [0.15, 0.2) is 41.5 Å². The predicted molar refractivity (Wildman–Crippen MR) is 86.2 cm³/mol. The average Bonchev–Trinajstić information content (AvgIpc) is 2.51. The van der Waals surface area contributed by atoms with Gasteiger partial charge in [-0.05, 0) is 42.0 Å². The number of phenolic OH excluding ortho intramolecular Hbond substituents is 1. The van der Waals surface area contributed by atoms with Crippen molar-refractivity contribution in [1.82, 2.24) is 5.43 Å². The van der Waals surface area contributed by atoms with Gasteiger partial charge in [0, 0.05) is 5.02 Å². The number of hydrogen-bond acceptors (Lipinski definition) is 4. The quantitative estimate of drug-likeness (QED) is 0.662. The molecule has 0 aliphatic carbocycles. The monoisotopic (exact) mass is 338 g/mol. The van der Waals surface area contributed by atoms with Crippen LogP contribution in [0.5, 0.6) is 11.5 Å². The van der Waals surface area contributed by atoms with Gasteiger partial charge in [-0.2, -0.15) is 5.10 Å². The van der Waals surface area contributed by atoms with Gasteiger partial charge < -0.3 is 9.84 Å². The number of carbonyl (C=O) groups is 1. The minimum Gasteiger partial charge on any atom is -0.506 e. The number of hydrazone groups is 1. The molecule has 22 heavy (non-hydrogen) atoms. The minimum absolute atomic E-state index is 0.00298. The molecule has 0 spiro atoms. The molecule has 0 saturated carbocycles. The normalized spacial score (nSPS) is 10.7. The lowest BCUT2D eigenvalue weighted by Gasteiger charge is -2.05. The molecule has 7 heteroatoms. The van der Waals surface area contributed by atoms with Crippen LogP contribution in [0.2, 0.25) is 10.0 Å². The second-order valence-electron chi connectivity index (χ2n) is 4.26. The lowest BCUT2D eigenvalue weighted by molar-refractivity contribution is 0.0952. The zero-order valence-electron chi connectivity index (χ0n) is 11.5. The first-order chi connectivity index (χ1) is 10.5. The fourth-order valence-electron chi connectivity index (χ4n) is 1.65. The number of nitrogens with zero attached hydrogens (tertiary/aromatic N) is 1. The van der Waals surface area contributed by atoms with Crippen LogP contribution in [0, 0.1) is 0 Å². The SMILES string of the molecule is COc1ccc(/C=N/NC(=O)c2cc(Cl)cc(Cl)c2O)cc1. The number of nitrogens with one attached hydrogen (secondary N) is 1. The van der Waals surface area contributed by atoms with Gasteiger partial charge in [0.25, 0.3) is 5.91 Å². The number of aromatic hydroxyl groups is 1. The third-order valence-corrected chi connectivity index (χ3v) is 3.27. The van der Waals surface area contributed by atoms with Crippen LogP contribution in [0.4, 0.5) is 0 Å². The van der Waals surface area contributed by atoms with Gasteiger partial charge in [-0.25, -0.2) is 5.43 Å². The molecule has 114 valence electrons. The fraction of sp³-hybridized carbons (Fsp3) is 0.0667. The molecule has 2 N–H and O–H groups in total. The highest BCUT2D eigenvalue weighted by atomic mass is 35.5. The maximum absolute atomic E-state index is 11.9. The fourth-order valence-corrected chi connectivity index (χ4v) is 2.15. The summed E-state index contributed by atoms with van der Waals surface area (Å²) in [6.07, 6.45) is 1.46. The van der Waals surface area contributed by atoms with Gasteiger partial charge in [-0.1, -0.05) is 23.2 Å². The topological polar surface area (TPSA) is 70.9 Å². The van der Waals surface area contributed by atoms with Crippen LogP contribution in [-0.2, 0) is 0 Å². The smallest absolute Gasteiger partial charge is 0.275 e. The summed E-state index contributed by atoms with van der Waals surface area (Å²) in [6, 6.07) is 9.75. The Hall–Kier alpha value is -2.24. The number of ether oxygens (including phenoxy) is 1. The molecule has 0 radical (unpaired) electrons. The molecule has 0 atom stereocenters. The van der Waals surface area contributed by atoms with E-state index in [1.807, 2.05) is 0 Å². The molecule has 2 rings (SSSR count).